The Balaban J connectivity index is 1.66. The van der Waals surface area contributed by atoms with E-state index >= 15 is 0 Å². The second-order valence-electron chi connectivity index (χ2n) is 7.56. The number of hydrogen-bond acceptors (Lipinski definition) is 5. The second-order valence-corrected chi connectivity index (χ2v) is 7.99. The van der Waals surface area contributed by atoms with E-state index in [4.69, 9.17) is 16.0 Å². The monoisotopic (exact) mass is 444 g/mol. The number of furan rings is 1. The molecule has 1 unspecified atom stereocenters. The van der Waals surface area contributed by atoms with Crippen molar-refractivity contribution in [3.05, 3.63) is 106 Å². The van der Waals surface area contributed by atoms with Crippen LogP contribution >= 0.6 is 11.6 Å². The predicted molar refractivity (Wildman–Crippen MR) is 121 cm³/mol. The van der Waals surface area contributed by atoms with Gasteiger partial charge >= 0.3 is 0 Å². The molecule has 0 bridgehead atoms. The van der Waals surface area contributed by atoms with E-state index in [2.05, 4.69) is 4.98 Å². The minimum atomic E-state index is -0.908. The van der Waals surface area contributed by atoms with Crippen LogP contribution in [0.25, 0.3) is 11.0 Å². The zero-order valence-corrected chi connectivity index (χ0v) is 17.7. The topological polar surface area (TPSA) is 83.6 Å². The molecule has 2 aromatic heterocycles. The molecule has 158 valence electrons. The van der Waals surface area contributed by atoms with Gasteiger partial charge in [-0.05, 0) is 61.0 Å². The van der Waals surface area contributed by atoms with Gasteiger partial charge in [-0.3, -0.25) is 19.5 Å². The molecule has 5 rings (SSSR count). The van der Waals surface area contributed by atoms with E-state index in [0.717, 1.165) is 5.56 Å². The third kappa shape index (κ3) is 3.25. The number of nitrogens with zero attached hydrogens (tertiary/aromatic N) is 2. The fourth-order valence-electron chi connectivity index (χ4n) is 3.96. The van der Waals surface area contributed by atoms with E-state index in [9.17, 15) is 14.7 Å². The van der Waals surface area contributed by atoms with Crippen molar-refractivity contribution in [2.75, 3.05) is 4.90 Å². The molecule has 4 aromatic rings. The van der Waals surface area contributed by atoms with Crippen LogP contribution in [0.5, 0.6) is 0 Å². The minimum absolute atomic E-state index is 0.00337. The van der Waals surface area contributed by atoms with Crippen LogP contribution < -0.4 is 4.90 Å². The second kappa shape index (κ2) is 7.66. The molecule has 3 heterocycles. The number of anilines is 1. The lowest BCUT2D eigenvalue weighted by atomic mass is 9.98. The summed E-state index contributed by atoms with van der Waals surface area (Å²) in [5, 5.41) is 12.0. The van der Waals surface area contributed by atoms with Gasteiger partial charge in [0.2, 0.25) is 5.78 Å². The Morgan fingerprint density at radius 2 is 1.94 bits per heavy atom. The van der Waals surface area contributed by atoms with Crippen molar-refractivity contribution < 1.29 is 19.1 Å². The first kappa shape index (κ1) is 20.0. The maximum atomic E-state index is 13.5. The molecule has 7 heteroatoms. The first-order chi connectivity index (χ1) is 15.4. The number of halogens is 1. The highest BCUT2D eigenvalue weighted by molar-refractivity contribution is 6.31. The van der Waals surface area contributed by atoms with Gasteiger partial charge < -0.3 is 9.52 Å². The Morgan fingerprint density at radius 3 is 2.69 bits per heavy atom. The molecule has 0 saturated carbocycles. The van der Waals surface area contributed by atoms with Gasteiger partial charge in [-0.25, -0.2) is 0 Å². The van der Waals surface area contributed by atoms with E-state index < -0.39 is 23.5 Å². The molecule has 0 fully saturated rings. The van der Waals surface area contributed by atoms with Gasteiger partial charge in [0.1, 0.15) is 11.6 Å². The van der Waals surface area contributed by atoms with Gasteiger partial charge in [0, 0.05) is 22.3 Å². The lowest BCUT2D eigenvalue weighted by Crippen LogP contribution is -2.31. The van der Waals surface area contributed by atoms with Gasteiger partial charge in [-0.2, -0.15) is 0 Å². The minimum Gasteiger partial charge on any atom is -0.503 e. The van der Waals surface area contributed by atoms with E-state index in [-0.39, 0.29) is 11.3 Å². The third-order valence-electron chi connectivity index (χ3n) is 5.40. The maximum Gasteiger partial charge on any atom is 0.294 e. The molecule has 1 N–H and O–H groups in total. The molecule has 6 nitrogen and oxygen atoms in total. The Hall–Kier alpha value is -3.90. The Kier molecular flexibility index (Phi) is 4.79. The number of hydrogen-bond donors (Lipinski definition) is 1. The molecule has 32 heavy (non-hydrogen) atoms. The Bertz CT molecular complexity index is 1410. The number of benzene rings is 2. The maximum absolute atomic E-state index is 13.5. The highest BCUT2D eigenvalue weighted by Gasteiger charge is 2.46. The average Bonchev–Trinajstić information content (AvgIpc) is 3.32. The van der Waals surface area contributed by atoms with Gasteiger partial charge in [-0.1, -0.05) is 29.8 Å². The number of rotatable bonds is 4. The number of carbonyl (C=O) groups is 2. The number of aliphatic hydroxyl groups excluding tert-OH is 1. The van der Waals surface area contributed by atoms with Gasteiger partial charge in [-0.15, -0.1) is 0 Å². The number of pyridine rings is 1. The zero-order valence-electron chi connectivity index (χ0n) is 16.9. The highest BCUT2D eigenvalue weighted by atomic mass is 35.5. The van der Waals surface area contributed by atoms with Crippen molar-refractivity contribution in [3.63, 3.8) is 0 Å². The quantitative estimate of drug-likeness (QED) is 0.416. The van der Waals surface area contributed by atoms with Crippen molar-refractivity contribution in [1.29, 1.82) is 0 Å². The van der Waals surface area contributed by atoms with Crippen molar-refractivity contribution >= 4 is 39.9 Å². The van der Waals surface area contributed by atoms with Gasteiger partial charge in [0.25, 0.3) is 5.91 Å². The summed E-state index contributed by atoms with van der Waals surface area (Å²) in [5.74, 6) is -1.88. The molecule has 1 atom stereocenters. The number of Topliss-reactive ketones (excluding diaryl/α,β-unsaturated/α-hetero) is 1. The summed E-state index contributed by atoms with van der Waals surface area (Å²) in [6.07, 6.45) is 1.58. The SMILES string of the molecule is Cc1cccc(N2C(=O)C(O)=C(C(=O)c3cc4cc(Cl)ccc4o3)C2c2ccccn2)c1. The number of fused-ring (bicyclic) bond motifs is 1. The third-order valence-corrected chi connectivity index (χ3v) is 5.64. The van der Waals surface area contributed by atoms with Crippen LogP contribution in [0.3, 0.4) is 0 Å². The van der Waals surface area contributed by atoms with Crippen LogP contribution in [0.15, 0.2) is 88.7 Å². The molecule has 1 aliphatic rings. The van der Waals surface area contributed by atoms with Crippen molar-refractivity contribution in [1.82, 2.24) is 4.98 Å². The number of aromatic nitrogens is 1. The lowest BCUT2D eigenvalue weighted by molar-refractivity contribution is -0.117. The number of carbonyl (C=O) groups excluding carboxylic acids is 2. The molecule has 0 saturated heterocycles. The molecule has 0 spiro atoms. The molecular weight excluding hydrogens is 428 g/mol. The number of aliphatic hydroxyl groups is 1. The number of aryl methyl sites for hydroxylation is 1. The van der Waals surface area contributed by atoms with Crippen LogP contribution in [0, 0.1) is 6.92 Å². The van der Waals surface area contributed by atoms with Crippen LogP contribution in [-0.4, -0.2) is 21.8 Å². The summed E-state index contributed by atoms with van der Waals surface area (Å²) in [7, 11) is 0. The van der Waals surface area contributed by atoms with Crippen molar-refractivity contribution in [3.8, 4) is 0 Å². The molecule has 0 aliphatic carbocycles. The molecule has 1 amide bonds. The van der Waals surface area contributed by atoms with Gasteiger partial charge in [0.05, 0.1) is 11.3 Å². The summed E-state index contributed by atoms with van der Waals surface area (Å²) in [5.41, 5.74) is 2.33. The molecule has 1 aliphatic heterocycles. The first-order valence-electron chi connectivity index (χ1n) is 9.92. The zero-order chi connectivity index (χ0) is 22.4. The van der Waals surface area contributed by atoms with Gasteiger partial charge in [0.15, 0.2) is 11.5 Å². The Labute approximate surface area is 188 Å². The average molecular weight is 445 g/mol. The molecular formula is C25H17ClN2O4. The molecule has 2 aromatic carbocycles. The van der Waals surface area contributed by atoms with Crippen molar-refractivity contribution in [2.24, 2.45) is 0 Å². The van der Waals surface area contributed by atoms with E-state index in [1.807, 2.05) is 25.1 Å². The number of ketones is 1. The van der Waals surface area contributed by atoms with Crippen molar-refractivity contribution in [2.45, 2.75) is 13.0 Å². The Morgan fingerprint density at radius 1 is 1.09 bits per heavy atom. The highest BCUT2D eigenvalue weighted by Crippen LogP contribution is 2.41. The van der Waals surface area contributed by atoms with Crippen LogP contribution in [0.1, 0.15) is 27.9 Å². The van der Waals surface area contributed by atoms with Crippen LogP contribution in [0.2, 0.25) is 5.02 Å². The summed E-state index contributed by atoms with van der Waals surface area (Å²) >= 11 is 6.04. The fourth-order valence-corrected chi connectivity index (χ4v) is 4.14. The lowest BCUT2D eigenvalue weighted by Gasteiger charge is -2.26. The standard InChI is InChI=1S/C25H17ClN2O4/c1-14-5-4-6-17(11-14)28-22(18-7-2-3-10-27-18)21(24(30)25(28)31)23(29)20-13-15-12-16(26)8-9-19(15)32-20/h2-13,22,30H,1H3. The van der Waals surface area contributed by atoms with E-state index in [1.165, 1.54) is 4.90 Å². The normalized spacial score (nSPS) is 16.2. The van der Waals surface area contributed by atoms with Crippen LogP contribution in [-0.2, 0) is 4.79 Å². The van der Waals surface area contributed by atoms with Crippen LogP contribution in [0.4, 0.5) is 5.69 Å². The largest absolute Gasteiger partial charge is 0.503 e. The summed E-state index contributed by atoms with van der Waals surface area (Å²) in [6.45, 7) is 1.90. The summed E-state index contributed by atoms with van der Waals surface area (Å²) < 4.78 is 5.72. The van der Waals surface area contributed by atoms with E-state index in [0.29, 0.717) is 27.4 Å². The summed E-state index contributed by atoms with van der Waals surface area (Å²) in [4.78, 5) is 32.4. The number of amides is 1. The van der Waals surface area contributed by atoms with E-state index in [1.54, 1.807) is 54.7 Å². The smallest absolute Gasteiger partial charge is 0.294 e. The molecule has 0 radical (unpaired) electrons. The summed E-state index contributed by atoms with van der Waals surface area (Å²) in [6, 6.07) is 18.2. The first-order valence-corrected chi connectivity index (χ1v) is 10.3. The fraction of sp³-hybridized carbons (Fsp3) is 0.0800. The predicted octanol–water partition coefficient (Wildman–Crippen LogP) is 5.57.